The minimum absolute atomic E-state index is 0.0747. The maximum absolute atomic E-state index is 13.5. The van der Waals surface area contributed by atoms with Gasteiger partial charge in [-0.25, -0.2) is 8.78 Å². The summed E-state index contributed by atoms with van der Waals surface area (Å²) in [5.74, 6) is -2.79. The van der Waals surface area contributed by atoms with E-state index < -0.39 is 29.1 Å². The second kappa shape index (κ2) is 8.93. The summed E-state index contributed by atoms with van der Waals surface area (Å²) in [6.07, 6.45) is 0. The van der Waals surface area contributed by atoms with E-state index in [-0.39, 0.29) is 28.8 Å². The Bertz CT molecular complexity index is 726. The third-order valence-corrected chi connectivity index (χ3v) is 4.01. The molecule has 0 heterocycles. The Hall–Kier alpha value is -2.22. The van der Waals surface area contributed by atoms with Crippen LogP contribution in [-0.4, -0.2) is 32.0 Å². The predicted octanol–water partition coefficient (Wildman–Crippen LogP) is 2.36. The molecule has 0 aromatic heterocycles. The highest BCUT2D eigenvalue weighted by atomic mass is 35.5. The Morgan fingerprint density at radius 1 is 0.885 bits per heavy atom. The normalized spacial score (nSPS) is 11.7. The smallest absolute Gasteiger partial charge is 0.279 e. The van der Waals surface area contributed by atoms with Crippen LogP contribution in [-0.2, 0) is 9.59 Å². The molecule has 3 N–H and O–H groups in total. The van der Waals surface area contributed by atoms with Gasteiger partial charge in [-0.1, -0.05) is 35.3 Å². The van der Waals surface area contributed by atoms with E-state index in [1.54, 1.807) is 25.2 Å². The number of hydrogen-bond acceptors (Lipinski definition) is 2. The van der Waals surface area contributed by atoms with Gasteiger partial charge in [0.1, 0.15) is 17.3 Å². The third kappa shape index (κ3) is 5.39. The number of anilines is 2. The number of carbonyl (C=O) groups is 2. The van der Waals surface area contributed by atoms with Crippen molar-refractivity contribution in [2.75, 3.05) is 30.8 Å². The van der Waals surface area contributed by atoms with Crippen molar-refractivity contribution in [2.45, 2.75) is 0 Å². The zero-order chi connectivity index (χ0) is 19.3. The first-order valence-corrected chi connectivity index (χ1v) is 8.32. The quantitative estimate of drug-likeness (QED) is 0.694. The van der Waals surface area contributed by atoms with E-state index >= 15 is 0 Å². The van der Waals surface area contributed by atoms with Gasteiger partial charge in [0.25, 0.3) is 11.8 Å². The number of rotatable bonds is 6. The zero-order valence-corrected chi connectivity index (χ0v) is 15.2. The molecular weight excluding hydrogens is 387 g/mol. The van der Waals surface area contributed by atoms with Crippen LogP contribution >= 0.6 is 23.2 Å². The van der Waals surface area contributed by atoms with E-state index in [9.17, 15) is 18.4 Å². The molecule has 0 saturated carbocycles. The predicted molar refractivity (Wildman–Crippen MR) is 96.7 cm³/mol. The molecule has 0 aliphatic rings. The summed E-state index contributed by atoms with van der Waals surface area (Å²) < 4.78 is 27.1. The number of para-hydroxylation sites is 2. The van der Waals surface area contributed by atoms with Crippen LogP contribution < -0.4 is 15.5 Å². The number of amides is 2. The lowest BCUT2D eigenvalue weighted by Crippen LogP contribution is -3.11. The van der Waals surface area contributed by atoms with Crippen LogP contribution in [0.4, 0.5) is 20.2 Å². The number of hydrogen-bond donors (Lipinski definition) is 3. The number of likely N-dealkylation sites (N-methyl/N-ethyl adjacent to an activating group) is 1. The van der Waals surface area contributed by atoms with Gasteiger partial charge in [0.2, 0.25) is 0 Å². The van der Waals surface area contributed by atoms with Crippen LogP contribution in [0.3, 0.4) is 0 Å². The van der Waals surface area contributed by atoms with Crippen LogP contribution in [0.25, 0.3) is 0 Å². The Morgan fingerprint density at radius 3 is 1.81 bits per heavy atom. The van der Waals surface area contributed by atoms with Gasteiger partial charge in [0.15, 0.2) is 13.1 Å². The Labute approximate surface area is 158 Å². The lowest BCUT2D eigenvalue weighted by molar-refractivity contribution is -0.862. The van der Waals surface area contributed by atoms with E-state index in [0.717, 1.165) is 12.1 Å². The first-order valence-electron chi connectivity index (χ1n) is 7.57. The van der Waals surface area contributed by atoms with Crippen LogP contribution in [0, 0.1) is 11.6 Å². The highest BCUT2D eigenvalue weighted by Gasteiger charge is 2.18. The Morgan fingerprint density at radius 2 is 1.31 bits per heavy atom. The molecule has 0 aliphatic carbocycles. The molecule has 1 unspecified atom stereocenters. The van der Waals surface area contributed by atoms with Gasteiger partial charge in [-0.3, -0.25) is 9.59 Å². The molecule has 9 heteroatoms. The summed E-state index contributed by atoms with van der Waals surface area (Å²) in [6.45, 7) is -0.244. The Balaban J connectivity index is 1.90. The van der Waals surface area contributed by atoms with Crippen LogP contribution in [0.2, 0.25) is 10.0 Å². The molecule has 0 bridgehead atoms. The van der Waals surface area contributed by atoms with E-state index in [0.29, 0.717) is 4.90 Å². The first-order chi connectivity index (χ1) is 12.3. The largest absolute Gasteiger partial charge is 0.322 e. The number of carbonyl (C=O) groups excluding carboxylic acids is 2. The molecule has 5 nitrogen and oxygen atoms in total. The monoisotopic (exact) mass is 402 g/mol. The second-order valence-corrected chi connectivity index (χ2v) is 6.41. The lowest BCUT2D eigenvalue weighted by Gasteiger charge is -2.15. The first kappa shape index (κ1) is 20.1. The molecule has 0 fully saturated rings. The Kier molecular flexibility index (Phi) is 6.90. The minimum Gasteiger partial charge on any atom is -0.322 e. The summed E-state index contributed by atoms with van der Waals surface area (Å²) in [6, 6.07) is 8.07. The van der Waals surface area contributed by atoms with E-state index in [4.69, 9.17) is 23.2 Å². The summed E-state index contributed by atoms with van der Waals surface area (Å²) in [7, 11) is 1.59. The SMILES string of the molecule is C[NH+](CC(=O)Nc1c(F)cccc1F)CC(=O)Nc1c(Cl)cccc1Cl. The average Bonchev–Trinajstić information content (AvgIpc) is 2.54. The average molecular weight is 403 g/mol. The highest BCUT2D eigenvalue weighted by Crippen LogP contribution is 2.29. The van der Waals surface area contributed by atoms with Crippen molar-refractivity contribution in [3.8, 4) is 0 Å². The summed E-state index contributed by atoms with van der Waals surface area (Å²) in [5.41, 5.74) is -0.232. The maximum Gasteiger partial charge on any atom is 0.279 e. The number of nitrogens with one attached hydrogen (secondary N) is 3. The van der Waals surface area contributed by atoms with Crippen LogP contribution in [0.5, 0.6) is 0 Å². The topological polar surface area (TPSA) is 62.6 Å². The van der Waals surface area contributed by atoms with Gasteiger partial charge in [-0.15, -0.1) is 0 Å². The third-order valence-electron chi connectivity index (χ3n) is 3.38. The van der Waals surface area contributed by atoms with E-state index in [1.807, 2.05) is 0 Å². The van der Waals surface area contributed by atoms with Crippen molar-refractivity contribution in [3.05, 3.63) is 58.1 Å². The zero-order valence-electron chi connectivity index (χ0n) is 13.7. The van der Waals surface area contributed by atoms with Gasteiger partial charge in [-0.2, -0.15) is 0 Å². The molecule has 0 saturated heterocycles. The molecule has 138 valence electrons. The van der Waals surface area contributed by atoms with Crippen LogP contribution in [0.1, 0.15) is 0 Å². The number of quaternary nitrogens is 1. The van der Waals surface area contributed by atoms with Crippen molar-refractivity contribution >= 4 is 46.4 Å². The molecule has 0 spiro atoms. The fraction of sp³-hybridized carbons (Fsp3) is 0.176. The van der Waals surface area contributed by atoms with Crippen molar-refractivity contribution in [1.82, 2.24) is 0 Å². The molecule has 2 rings (SSSR count). The fourth-order valence-electron chi connectivity index (χ4n) is 2.21. The van der Waals surface area contributed by atoms with E-state index in [2.05, 4.69) is 10.6 Å². The molecule has 0 aliphatic heterocycles. The standard InChI is InChI=1S/C17H15Cl2F2N3O2/c1-24(8-14(25)22-16-10(18)4-2-5-11(16)19)9-15(26)23-17-12(20)6-3-7-13(17)21/h2-7H,8-9H2,1H3,(H,22,25)(H,23,26)/p+1. The number of benzene rings is 2. The number of halogens is 4. The van der Waals surface area contributed by atoms with Crippen LogP contribution in [0.15, 0.2) is 36.4 Å². The van der Waals surface area contributed by atoms with Gasteiger partial charge in [0.05, 0.1) is 22.8 Å². The van der Waals surface area contributed by atoms with Crippen molar-refractivity contribution < 1.29 is 23.3 Å². The van der Waals surface area contributed by atoms with Crippen molar-refractivity contribution in [3.63, 3.8) is 0 Å². The highest BCUT2D eigenvalue weighted by molar-refractivity contribution is 6.39. The molecule has 0 radical (unpaired) electrons. The molecule has 2 aromatic rings. The maximum atomic E-state index is 13.5. The summed E-state index contributed by atoms with van der Waals surface area (Å²) in [5, 5.41) is 5.32. The molecule has 2 amide bonds. The summed E-state index contributed by atoms with van der Waals surface area (Å²) in [4.78, 5) is 24.5. The summed E-state index contributed by atoms with van der Waals surface area (Å²) >= 11 is 11.9. The molecular formula is C17H16Cl2F2N3O2+. The van der Waals surface area contributed by atoms with Gasteiger partial charge >= 0.3 is 0 Å². The minimum atomic E-state index is -0.873. The van der Waals surface area contributed by atoms with Crippen molar-refractivity contribution in [1.29, 1.82) is 0 Å². The second-order valence-electron chi connectivity index (χ2n) is 5.60. The van der Waals surface area contributed by atoms with Crippen molar-refractivity contribution in [2.24, 2.45) is 0 Å². The molecule has 1 atom stereocenters. The molecule has 2 aromatic carbocycles. The lowest BCUT2D eigenvalue weighted by atomic mass is 10.3. The van der Waals surface area contributed by atoms with E-state index in [1.165, 1.54) is 6.07 Å². The molecule has 26 heavy (non-hydrogen) atoms. The van der Waals surface area contributed by atoms with Gasteiger partial charge in [0, 0.05) is 0 Å². The van der Waals surface area contributed by atoms with Gasteiger partial charge in [-0.05, 0) is 24.3 Å². The fourth-order valence-corrected chi connectivity index (χ4v) is 2.70. The van der Waals surface area contributed by atoms with Gasteiger partial charge < -0.3 is 15.5 Å².